The lowest BCUT2D eigenvalue weighted by Gasteiger charge is -2.28. The van der Waals surface area contributed by atoms with Crippen molar-refractivity contribution in [1.82, 2.24) is 0 Å². The number of hydrogen-bond acceptors (Lipinski definition) is 4. The highest BCUT2D eigenvalue weighted by atomic mass is 35.5. The molecule has 2 aromatic carbocycles. The molecule has 0 aliphatic carbocycles. The Balaban J connectivity index is 2.32. The Morgan fingerprint density at radius 2 is 0.939 bits per heavy atom. The summed E-state index contributed by atoms with van der Waals surface area (Å²) in [7, 11) is 0. The van der Waals surface area contributed by atoms with E-state index in [9.17, 15) is 0 Å². The van der Waals surface area contributed by atoms with Crippen molar-refractivity contribution in [3.63, 3.8) is 0 Å². The van der Waals surface area contributed by atoms with Crippen LogP contribution in [0.15, 0.2) is 24.3 Å². The summed E-state index contributed by atoms with van der Waals surface area (Å²) in [6.07, 6.45) is 0. The van der Waals surface area contributed by atoms with E-state index in [-0.39, 0.29) is 23.9 Å². The maximum Gasteiger partial charge on any atom is 0.156 e. The van der Waals surface area contributed by atoms with Crippen LogP contribution in [0.2, 0.25) is 20.1 Å². The Morgan fingerprint density at radius 1 is 0.667 bits per heavy atom. The first-order chi connectivity index (χ1) is 15.2. The minimum atomic E-state index is -0.500. The molecule has 0 aliphatic heterocycles. The van der Waals surface area contributed by atoms with Crippen LogP contribution in [0, 0.1) is 11.8 Å². The molecule has 4 nitrogen and oxygen atoms in total. The van der Waals surface area contributed by atoms with Gasteiger partial charge in [0, 0.05) is 17.5 Å². The van der Waals surface area contributed by atoms with E-state index in [0.717, 1.165) is 11.1 Å². The first kappa shape index (κ1) is 28.4. The third-order valence-electron chi connectivity index (χ3n) is 5.99. The van der Waals surface area contributed by atoms with Crippen LogP contribution in [0.5, 0.6) is 11.5 Å². The van der Waals surface area contributed by atoms with Crippen molar-refractivity contribution < 1.29 is 9.47 Å². The fourth-order valence-corrected chi connectivity index (χ4v) is 4.22. The molecule has 2 atom stereocenters. The van der Waals surface area contributed by atoms with Gasteiger partial charge in [0.15, 0.2) is 11.5 Å². The van der Waals surface area contributed by atoms with Crippen molar-refractivity contribution in [3.8, 4) is 11.5 Å². The summed E-state index contributed by atoms with van der Waals surface area (Å²) >= 11 is 26.2. The van der Waals surface area contributed by atoms with Crippen LogP contribution >= 0.6 is 46.4 Å². The fourth-order valence-electron chi connectivity index (χ4n) is 3.03. The largest absolute Gasteiger partial charge is 0.489 e. The molecule has 0 amide bonds. The van der Waals surface area contributed by atoms with Gasteiger partial charge in [0.2, 0.25) is 0 Å². The Morgan fingerprint density at radius 3 is 1.18 bits per heavy atom. The van der Waals surface area contributed by atoms with Crippen LogP contribution in [-0.2, 0) is 5.41 Å². The van der Waals surface area contributed by atoms with Gasteiger partial charge < -0.3 is 20.9 Å². The first-order valence-corrected chi connectivity index (χ1v) is 12.5. The lowest BCUT2D eigenvalue weighted by Crippen LogP contribution is -2.33. The van der Waals surface area contributed by atoms with Gasteiger partial charge in [-0.05, 0) is 47.2 Å². The normalized spacial score (nSPS) is 14.0. The SMILES string of the molecule is CC(C)C(N)COc1c(Cl)cc(C(C)(C)c2cc(Cl)c(OCC(N)C(C)C)c(Cl)c2)cc1Cl. The van der Waals surface area contributed by atoms with Crippen LogP contribution < -0.4 is 20.9 Å². The highest BCUT2D eigenvalue weighted by molar-refractivity contribution is 6.38. The van der Waals surface area contributed by atoms with Crippen LogP contribution in [0.4, 0.5) is 0 Å². The van der Waals surface area contributed by atoms with Gasteiger partial charge in [-0.2, -0.15) is 0 Å². The highest BCUT2D eigenvalue weighted by Gasteiger charge is 2.28. The predicted octanol–water partition coefficient (Wildman–Crippen LogP) is 7.35. The number of nitrogens with two attached hydrogens (primary N) is 2. The van der Waals surface area contributed by atoms with Crippen LogP contribution in [0.25, 0.3) is 0 Å². The second-order valence-corrected chi connectivity index (χ2v) is 11.2. The number of hydrogen-bond donors (Lipinski definition) is 2. The van der Waals surface area contributed by atoms with E-state index >= 15 is 0 Å². The standard InChI is InChI=1S/C25H34Cl4N2O2/c1-13(2)21(30)11-32-23-17(26)7-15(8-18(23)27)25(5,6)16-9-19(28)24(20(29)10-16)33-12-22(31)14(3)4/h7-10,13-14,21-22H,11-12,30-31H2,1-6H3. The molecular formula is C25H34Cl4N2O2. The second-order valence-electron chi connectivity index (χ2n) is 9.60. The van der Waals surface area contributed by atoms with Crippen LogP contribution in [-0.4, -0.2) is 25.3 Å². The fraction of sp³-hybridized carbons (Fsp3) is 0.520. The molecule has 2 rings (SSSR count). The third kappa shape index (κ3) is 7.06. The van der Waals surface area contributed by atoms with Gasteiger partial charge >= 0.3 is 0 Å². The summed E-state index contributed by atoms with van der Waals surface area (Å²) in [5, 5.41) is 1.67. The zero-order chi connectivity index (χ0) is 25.1. The van der Waals surface area contributed by atoms with Gasteiger partial charge in [-0.25, -0.2) is 0 Å². The molecule has 0 spiro atoms. The Hall–Kier alpha value is -0.880. The van der Waals surface area contributed by atoms with E-state index in [1.54, 1.807) is 0 Å². The van der Waals surface area contributed by atoms with E-state index < -0.39 is 5.41 Å². The van der Waals surface area contributed by atoms with Crippen molar-refractivity contribution >= 4 is 46.4 Å². The maximum atomic E-state index is 6.54. The monoisotopic (exact) mass is 534 g/mol. The molecule has 2 unspecified atom stereocenters. The van der Waals surface area contributed by atoms with E-state index in [0.29, 0.717) is 44.8 Å². The zero-order valence-corrected chi connectivity index (χ0v) is 23.0. The summed E-state index contributed by atoms with van der Waals surface area (Å²) in [5.74, 6) is 1.41. The van der Waals surface area contributed by atoms with Crippen LogP contribution in [0.1, 0.15) is 52.7 Å². The molecule has 0 fully saturated rings. The molecule has 0 heterocycles. The number of ether oxygens (including phenoxy) is 2. The number of rotatable bonds is 10. The van der Waals surface area contributed by atoms with Crippen molar-refractivity contribution in [2.24, 2.45) is 23.3 Å². The zero-order valence-electron chi connectivity index (χ0n) is 20.0. The van der Waals surface area contributed by atoms with Gasteiger partial charge in [0.1, 0.15) is 13.2 Å². The Kier molecular flexibility index (Phi) is 10.1. The molecule has 0 saturated heterocycles. The number of benzene rings is 2. The first-order valence-electron chi connectivity index (χ1n) is 11.0. The summed E-state index contributed by atoms with van der Waals surface area (Å²) in [5.41, 5.74) is 13.4. The lowest BCUT2D eigenvalue weighted by molar-refractivity contribution is 0.259. The quantitative estimate of drug-likeness (QED) is 0.333. The van der Waals surface area contributed by atoms with Gasteiger partial charge in [0.25, 0.3) is 0 Å². The molecule has 0 bridgehead atoms. The van der Waals surface area contributed by atoms with Crippen molar-refractivity contribution in [3.05, 3.63) is 55.5 Å². The van der Waals surface area contributed by atoms with Crippen molar-refractivity contribution in [1.29, 1.82) is 0 Å². The van der Waals surface area contributed by atoms with Gasteiger partial charge in [-0.15, -0.1) is 0 Å². The van der Waals surface area contributed by atoms with E-state index in [1.165, 1.54) is 0 Å². The number of halogens is 4. The van der Waals surface area contributed by atoms with Crippen LogP contribution in [0.3, 0.4) is 0 Å². The van der Waals surface area contributed by atoms with Gasteiger partial charge in [-0.1, -0.05) is 87.9 Å². The van der Waals surface area contributed by atoms with Crippen molar-refractivity contribution in [2.75, 3.05) is 13.2 Å². The van der Waals surface area contributed by atoms with Crippen molar-refractivity contribution in [2.45, 2.75) is 59.0 Å². The molecule has 2 aromatic rings. The minimum Gasteiger partial charge on any atom is -0.489 e. The molecular weight excluding hydrogens is 502 g/mol. The van der Waals surface area contributed by atoms with E-state index in [2.05, 4.69) is 0 Å². The molecule has 33 heavy (non-hydrogen) atoms. The molecule has 0 aliphatic rings. The minimum absolute atomic E-state index is 0.117. The smallest absolute Gasteiger partial charge is 0.156 e. The molecule has 0 aromatic heterocycles. The molecule has 4 N–H and O–H groups in total. The molecule has 184 valence electrons. The Bertz CT molecular complexity index is 842. The molecule has 8 heteroatoms. The van der Waals surface area contributed by atoms with E-state index in [4.69, 9.17) is 67.3 Å². The van der Waals surface area contributed by atoms with E-state index in [1.807, 2.05) is 65.8 Å². The maximum absolute atomic E-state index is 6.54. The predicted molar refractivity (Wildman–Crippen MR) is 142 cm³/mol. The molecule has 0 saturated carbocycles. The Labute approximate surface area is 217 Å². The summed E-state index contributed by atoms with van der Waals surface area (Å²) in [6, 6.07) is 7.14. The highest BCUT2D eigenvalue weighted by Crippen LogP contribution is 2.43. The third-order valence-corrected chi connectivity index (χ3v) is 7.12. The topological polar surface area (TPSA) is 70.5 Å². The summed E-state index contributed by atoms with van der Waals surface area (Å²) < 4.78 is 11.6. The second kappa shape index (κ2) is 11.7. The molecule has 0 radical (unpaired) electrons. The average Bonchev–Trinajstić information content (AvgIpc) is 2.71. The lowest BCUT2D eigenvalue weighted by atomic mass is 9.78. The van der Waals surface area contributed by atoms with Gasteiger partial charge in [-0.3, -0.25) is 0 Å². The summed E-state index contributed by atoms with van der Waals surface area (Å²) in [4.78, 5) is 0. The average molecular weight is 536 g/mol. The van der Waals surface area contributed by atoms with Gasteiger partial charge in [0.05, 0.1) is 20.1 Å². The summed E-state index contributed by atoms with van der Waals surface area (Å²) in [6.45, 7) is 12.9.